The SMILES string of the molecule is Cc1cc(=O)oc2cc(NC(=S)Nc3ncn(Cc4cccc(C(F)(F)F)c4)n3)ccc12. The van der Waals surface area contributed by atoms with Crippen molar-refractivity contribution in [3.63, 3.8) is 0 Å². The summed E-state index contributed by atoms with van der Waals surface area (Å²) in [5.41, 5.74) is 1.09. The van der Waals surface area contributed by atoms with E-state index >= 15 is 0 Å². The van der Waals surface area contributed by atoms with Gasteiger partial charge in [0.1, 0.15) is 11.9 Å². The molecule has 7 nitrogen and oxygen atoms in total. The van der Waals surface area contributed by atoms with Crippen molar-refractivity contribution in [3.8, 4) is 0 Å². The molecule has 2 heterocycles. The topological polar surface area (TPSA) is 85.0 Å². The van der Waals surface area contributed by atoms with Crippen LogP contribution in [-0.2, 0) is 12.7 Å². The van der Waals surface area contributed by atoms with Crippen molar-refractivity contribution in [3.05, 3.63) is 82.0 Å². The molecule has 0 saturated heterocycles. The van der Waals surface area contributed by atoms with Gasteiger partial charge in [0.15, 0.2) is 5.11 Å². The molecule has 0 aliphatic rings. The van der Waals surface area contributed by atoms with Crippen LogP contribution in [0, 0.1) is 6.92 Å². The Kier molecular flexibility index (Phi) is 5.66. The van der Waals surface area contributed by atoms with Gasteiger partial charge in [0.05, 0.1) is 12.1 Å². The summed E-state index contributed by atoms with van der Waals surface area (Å²) in [7, 11) is 0. The summed E-state index contributed by atoms with van der Waals surface area (Å²) >= 11 is 5.26. The molecule has 4 aromatic rings. The van der Waals surface area contributed by atoms with Gasteiger partial charge < -0.3 is 9.73 Å². The van der Waals surface area contributed by atoms with Crippen molar-refractivity contribution >= 4 is 39.9 Å². The largest absolute Gasteiger partial charge is 0.423 e. The number of halogens is 3. The van der Waals surface area contributed by atoms with Crippen LogP contribution in [0.2, 0.25) is 0 Å². The second-order valence-corrected chi connectivity index (χ2v) is 7.41. The first-order valence-corrected chi connectivity index (χ1v) is 9.76. The van der Waals surface area contributed by atoms with Gasteiger partial charge in [-0.25, -0.2) is 14.5 Å². The van der Waals surface area contributed by atoms with E-state index in [-0.39, 0.29) is 17.6 Å². The van der Waals surface area contributed by atoms with E-state index in [0.29, 0.717) is 16.8 Å². The lowest BCUT2D eigenvalue weighted by Crippen LogP contribution is -2.20. The standard InChI is InChI=1S/C21H16F3N5O2S/c1-12-7-18(30)31-17-9-15(5-6-16(12)17)26-20(32)27-19-25-11-29(28-19)10-13-3-2-4-14(8-13)21(22,23)24/h2-9,11H,10H2,1H3,(H2,26,27,28,32). The first-order chi connectivity index (χ1) is 15.2. The smallest absolute Gasteiger partial charge is 0.416 e. The Hall–Kier alpha value is -3.73. The molecule has 2 aromatic carbocycles. The van der Waals surface area contributed by atoms with Crippen LogP contribution in [0.1, 0.15) is 16.7 Å². The van der Waals surface area contributed by atoms with Gasteiger partial charge in [-0.3, -0.25) is 5.32 Å². The van der Waals surface area contributed by atoms with Crippen molar-refractivity contribution in [2.24, 2.45) is 0 Å². The van der Waals surface area contributed by atoms with E-state index in [9.17, 15) is 18.0 Å². The zero-order valence-corrected chi connectivity index (χ0v) is 17.4. The van der Waals surface area contributed by atoms with Gasteiger partial charge in [-0.1, -0.05) is 12.1 Å². The number of thiocarbonyl (C=S) groups is 1. The highest BCUT2D eigenvalue weighted by molar-refractivity contribution is 7.80. The molecule has 164 valence electrons. The third-order valence-corrected chi connectivity index (χ3v) is 4.77. The molecule has 2 aromatic heterocycles. The summed E-state index contributed by atoms with van der Waals surface area (Å²) in [6.07, 6.45) is -3.02. The molecule has 0 unspecified atom stereocenters. The molecule has 0 fully saturated rings. The van der Waals surface area contributed by atoms with E-state index in [1.165, 1.54) is 23.1 Å². The molecule has 0 spiro atoms. The van der Waals surface area contributed by atoms with E-state index < -0.39 is 17.4 Å². The lowest BCUT2D eigenvalue weighted by Gasteiger charge is -2.09. The van der Waals surface area contributed by atoms with E-state index in [4.69, 9.17) is 16.6 Å². The Bertz CT molecular complexity index is 1360. The number of hydrogen-bond donors (Lipinski definition) is 2. The van der Waals surface area contributed by atoms with Crippen molar-refractivity contribution < 1.29 is 17.6 Å². The molecule has 11 heteroatoms. The van der Waals surface area contributed by atoms with Crippen LogP contribution in [0.15, 0.2) is 64.1 Å². The number of aromatic nitrogens is 3. The molecule has 4 rings (SSSR count). The second kappa shape index (κ2) is 8.42. The minimum atomic E-state index is -4.41. The number of anilines is 2. The third kappa shape index (κ3) is 4.94. The van der Waals surface area contributed by atoms with Crippen molar-refractivity contribution in [2.75, 3.05) is 10.6 Å². The Morgan fingerprint density at radius 1 is 1.16 bits per heavy atom. The maximum Gasteiger partial charge on any atom is 0.416 e. The Balaban J connectivity index is 1.42. The summed E-state index contributed by atoms with van der Waals surface area (Å²) in [5, 5.41) is 10.9. The second-order valence-electron chi connectivity index (χ2n) is 7.00. The first kappa shape index (κ1) is 21.5. The number of nitrogens with one attached hydrogen (secondary N) is 2. The zero-order valence-electron chi connectivity index (χ0n) is 16.6. The number of rotatable bonds is 4. The van der Waals surface area contributed by atoms with Crippen LogP contribution in [0.3, 0.4) is 0 Å². The molecule has 0 bridgehead atoms. The van der Waals surface area contributed by atoms with Gasteiger partial charge in [0, 0.05) is 23.2 Å². The average Bonchev–Trinajstić information content (AvgIpc) is 3.13. The van der Waals surface area contributed by atoms with Gasteiger partial charge in [-0.05, 0) is 54.5 Å². The monoisotopic (exact) mass is 459 g/mol. The predicted octanol–water partition coefficient (Wildman–Crippen LogP) is 4.57. The van der Waals surface area contributed by atoms with Gasteiger partial charge in [0.25, 0.3) is 0 Å². The van der Waals surface area contributed by atoms with Crippen molar-refractivity contribution in [2.45, 2.75) is 19.6 Å². The van der Waals surface area contributed by atoms with E-state index in [1.807, 2.05) is 6.92 Å². The van der Waals surface area contributed by atoms with Gasteiger partial charge >= 0.3 is 11.8 Å². The van der Waals surface area contributed by atoms with Crippen molar-refractivity contribution in [1.82, 2.24) is 14.8 Å². The highest BCUT2D eigenvalue weighted by Gasteiger charge is 2.30. The molecule has 0 radical (unpaired) electrons. The third-order valence-electron chi connectivity index (χ3n) is 4.57. The lowest BCUT2D eigenvalue weighted by molar-refractivity contribution is -0.137. The number of aryl methyl sites for hydroxylation is 1. The predicted molar refractivity (Wildman–Crippen MR) is 118 cm³/mol. The van der Waals surface area contributed by atoms with Crippen molar-refractivity contribution in [1.29, 1.82) is 0 Å². The van der Waals surface area contributed by atoms with Crippen LogP contribution >= 0.6 is 12.2 Å². The fourth-order valence-corrected chi connectivity index (χ4v) is 3.34. The number of nitrogens with zero attached hydrogens (tertiary/aromatic N) is 3. The van der Waals surface area contributed by atoms with E-state index in [2.05, 4.69) is 20.7 Å². The van der Waals surface area contributed by atoms with E-state index in [0.717, 1.165) is 23.1 Å². The summed E-state index contributed by atoms with van der Waals surface area (Å²) in [5.74, 6) is 0.178. The Labute approximate surface area is 184 Å². The summed E-state index contributed by atoms with van der Waals surface area (Å²) in [4.78, 5) is 15.6. The Morgan fingerprint density at radius 2 is 1.97 bits per heavy atom. The minimum absolute atomic E-state index is 0.113. The molecule has 0 amide bonds. The highest BCUT2D eigenvalue weighted by Crippen LogP contribution is 2.29. The quantitative estimate of drug-likeness (QED) is 0.342. The maximum atomic E-state index is 12.9. The normalized spacial score (nSPS) is 11.5. The first-order valence-electron chi connectivity index (χ1n) is 9.35. The molecule has 0 aliphatic carbocycles. The molecule has 0 atom stereocenters. The zero-order chi connectivity index (χ0) is 22.9. The average molecular weight is 459 g/mol. The van der Waals surface area contributed by atoms with Crippen LogP contribution in [0.25, 0.3) is 11.0 Å². The fraction of sp³-hybridized carbons (Fsp3) is 0.143. The molecule has 2 N–H and O–H groups in total. The fourth-order valence-electron chi connectivity index (χ4n) is 3.13. The van der Waals surface area contributed by atoms with Gasteiger partial charge in [-0.2, -0.15) is 13.2 Å². The van der Waals surface area contributed by atoms with Crippen LogP contribution in [0.5, 0.6) is 0 Å². The van der Waals surface area contributed by atoms with Crippen LogP contribution < -0.4 is 16.3 Å². The minimum Gasteiger partial charge on any atom is -0.423 e. The number of alkyl halides is 3. The van der Waals surface area contributed by atoms with Gasteiger partial charge in [0.2, 0.25) is 5.95 Å². The number of hydrogen-bond acceptors (Lipinski definition) is 5. The number of benzene rings is 2. The Morgan fingerprint density at radius 3 is 2.75 bits per heavy atom. The lowest BCUT2D eigenvalue weighted by atomic mass is 10.1. The molecule has 0 saturated carbocycles. The summed E-state index contributed by atoms with van der Waals surface area (Å²) in [6, 6.07) is 11.7. The molecule has 0 aliphatic heterocycles. The summed E-state index contributed by atoms with van der Waals surface area (Å²) < 4.78 is 45.2. The van der Waals surface area contributed by atoms with Crippen LogP contribution in [0.4, 0.5) is 24.8 Å². The molecule has 32 heavy (non-hydrogen) atoms. The highest BCUT2D eigenvalue weighted by atomic mass is 32.1. The maximum absolute atomic E-state index is 12.9. The molecular weight excluding hydrogens is 443 g/mol. The van der Waals surface area contributed by atoms with Gasteiger partial charge in [-0.15, -0.1) is 5.10 Å². The summed E-state index contributed by atoms with van der Waals surface area (Å²) in [6.45, 7) is 1.93. The number of fused-ring (bicyclic) bond motifs is 1. The van der Waals surface area contributed by atoms with E-state index in [1.54, 1.807) is 24.3 Å². The van der Waals surface area contributed by atoms with Crippen LogP contribution in [-0.4, -0.2) is 19.9 Å². The molecular formula is C21H16F3N5O2S.